The van der Waals surface area contributed by atoms with Gasteiger partial charge >= 0.3 is 6.09 Å². The molecule has 0 saturated carbocycles. The fourth-order valence-corrected chi connectivity index (χ4v) is 2.72. The second kappa shape index (κ2) is 9.33. The van der Waals surface area contributed by atoms with Crippen LogP contribution in [0.5, 0.6) is 0 Å². The molecular weight excluding hydrogens is 280 g/mol. The van der Waals surface area contributed by atoms with E-state index in [-0.39, 0.29) is 12.1 Å². The SMILES string of the molecule is CCN(C(C)CN(C)C)C(CN)C(C)NC(=O)OC(C)(C)C. The second-order valence-electron chi connectivity index (χ2n) is 7.18. The van der Waals surface area contributed by atoms with E-state index in [4.69, 9.17) is 10.5 Å². The quantitative estimate of drug-likeness (QED) is 0.710. The van der Waals surface area contributed by atoms with Crippen molar-refractivity contribution in [2.75, 3.05) is 33.7 Å². The lowest BCUT2D eigenvalue weighted by Gasteiger charge is -2.39. The number of hydrogen-bond donors (Lipinski definition) is 2. The monoisotopic (exact) mass is 316 g/mol. The average molecular weight is 316 g/mol. The lowest BCUT2D eigenvalue weighted by atomic mass is 10.1. The number of carbonyl (C=O) groups is 1. The van der Waals surface area contributed by atoms with E-state index in [0.29, 0.717) is 12.6 Å². The van der Waals surface area contributed by atoms with E-state index < -0.39 is 11.7 Å². The maximum atomic E-state index is 11.9. The van der Waals surface area contributed by atoms with Crippen molar-refractivity contribution >= 4 is 6.09 Å². The van der Waals surface area contributed by atoms with Gasteiger partial charge in [0.1, 0.15) is 5.60 Å². The first kappa shape index (κ1) is 21.1. The van der Waals surface area contributed by atoms with Gasteiger partial charge in [-0.15, -0.1) is 0 Å². The highest BCUT2D eigenvalue weighted by atomic mass is 16.6. The summed E-state index contributed by atoms with van der Waals surface area (Å²) in [6.45, 7) is 14.2. The highest BCUT2D eigenvalue weighted by Gasteiger charge is 2.28. The lowest BCUT2D eigenvalue weighted by molar-refractivity contribution is 0.0444. The number of amides is 1. The van der Waals surface area contributed by atoms with Gasteiger partial charge < -0.3 is 20.7 Å². The normalized spacial score (nSPS) is 16.5. The third-order valence-electron chi connectivity index (χ3n) is 3.55. The largest absolute Gasteiger partial charge is 0.444 e. The van der Waals surface area contributed by atoms with Crippen LogP contribution in [0.4, 0.5) is 4.79 Å². The van der Waals surface area contributed by atoms with Crippen LogP contribution in [0.25, 0.3) is 0 Å². The minimum Gasteiger partial charge on any atom is -0.444 e. The molecule has 6 heteroatoms. The molecule has 0 aromatic rings. The highest BCUT2D eigenvalue weighted by molar-refractivity contribution is 5.68. The van der Waals surface area contributed by atoms with Gasteiger partial charge in [0.2, 0.25) is 0 Å². The van der Waals surface area contributed by atoms with Crippen molar-refractivity contribution in [3.8, 4) is 0 Å². The van der Waals surface area contributed by atoms with Crippen LogP contribution in [0.15, 0.2) is 0 Å². The molecule has 0 aliphatic carbocycles. The third-order valence-corrected chi connectivity index (χ3v) is 3.55. The Bertz CT molecular complexity index is 329. The van der Waals surface area contributed by atoms with Gasteiger partial charge in [0.05, 0.1) is 0 Å². The van der Waals surface area contributed by atoms with E-state index in [2.05, 4.69) is 43.1 Å². The molecular formula is C16H36N4O2. The molecule has 0 aliphatic heterocycles. The summed E-state index contributed by atoms with van der Waals surface area (Å²) in [6, 6.07) is 0.355. The van der Waals surface area contributed by atoms with E-state index in [1.54, 1.807) is 0 Å². The zero-order chi connectivity index (χ0) is 17.5. The topological polar surface area (TPSA) is 70.8 Å². The standard InChI is InChI=1S/C16H36N4O2/c1-9-20(12(2)11-19(7)8)14(10-17)13(3)18-15(21)22-16(4,5)6/h12-14H,9-11,17H2,1-8H3,(H,18,21). The van der Waals surface area contributed by atoms with Gasteiger partial charge in [-0.2, -0.15) is 0 Å². The zero-order valence-electron chi connectivity index (χ0n) is 15.6. The number of ether oxygens (including phenoxy) is 1. The first-order valence-corrected chi connectivity index (χ1v) is 8.11. The fraction of sp³-hybridized carbons (Fsp3) is 0.938. The molecule has 6 nitrogen and oxygen atoms in total. The minimum absolute atomic E-state index is 0.0764. The van der Waals surface area contributed by atoms with Crippen molar-refractivity contribution in [2.45, 2.75) is 65.3 Å². The first-order chi connectivity index (χ1) is 10.0. The maximum absolute atomic E-state index is 11.9. The number of rotatable bonds is 8. The van der Waals surface area contributed by atoms with Gasteiger partial charge in [0.25, 0.3) is 0 Å². The summed E-state index contributed by atoms with van der Waals surface area (Å²) < 4.78 is 5.32. The Morgan fingerprint density at radius 2 is 1.82 bits per heavy atom. The highest BCUT2D eigenvalue weighted by Crippen LogP contribution is 2.11. The predicted octanol–water partition coefficient (Wildman–Crippen LogP) is 1.50. The van der Waals surface area contributed by atoms with E-state index in [0.717, 1.165) is 13.1 Å². The Kier molecular flexibility index (Phi) is 8.96. The summed E-state index contributed by atoms with van der Waals surface area (Å²) in [5, 5.41) is 2.91. The Morgan fingerprint density at radius 3 is 2.18 bits per heavy atom. The van der Waals surface area contributed by atoms with Crippen molar-refractivity contribution in [1.82, 2.24) is 15.1 Å². The number of nitrogens with two attached hydrogens (primary N) is 1. The molecule has 0 fully saturated rings. The molecule has 0 radical (unpaired) electrons. The van der Waals surface area contributed by atoms with Gasteiger partial charge in [-0.05, 0) is 55.3 Å². The number of nitrogens with zero attached hydrogens (tertiary/aromatic N) is 2. The van der Waals surface area contributed by atoms with Crippen LogP contribution in [0.1, 0.15) is 41.5 Å². The molecule has 132 valence electrons. The molecule has 0 saturated heterocycles. The van der Waals surface area contributed by atoms with Crippen molar-refractivity contribution in [3.63, 3.8) is 0 Å². The van der Waals surface area contributed by atoms with Crippen LogP contribution in [0, 0.1) is 0 Å². The molecule has 3 atom stereocenters. The minimum atomic E-state index is -0.495. The molecule has 3 N–H and O–H groups in total. The molecule has 0 aromatic heterocycles. The zero-order valence-corrected chi connectivity index (χ0v) is 15.6. The molecule has 1 amide bonds. The second-order valence-corrected chi connectivity index (χ2v) is 7.18. The molecule has 0 aromatic carbocycles. The van der Waals surface area contributed by atoms with Gasteiger partial charge in [-0.1, -0.05) is 6.92 Å². The van der Waals surface area contributed by atoms with Crippen molar-refractivity contribution < 1.29 is 9.53 Å². The molecule has 0 spiro atoms. The number of carbonyl (C=O) groups excluding carboxylic acids is 1. The van der Waals surface area contributed by atoms with E-state index in [1.807, 2.05) is 27.7 Å². The summed E-state index contributed by atoms with van der Waals surface area (Å²) in [5.41, 5.74) is 5.48. The van der Waals surface area contributed by atoms with E-state index >= 15 is 0 Å². The first-order valence-electron chi connectivity index (χ1n) is 8.11. The van der Waals surface area contributed by atoms with Gasteiger partial charge in [0.15, 0.2) is 0 Å². The van der Waals surface area contributed by atoms with Crippen molar-refractivity contribution in [3.05, 3.63) is 0 Å². The van der Waals surface area contributed by atoms with E-state index in [9.17, 15) is 4.79 Å². The number of hydrogen-bond acceptors (Lipinski definition) is 5. The number of likely N-dealkylation sites (N-methyl/N-ethyl adjacent to an activating group) is 2. The van der Waals surface area contributed by atoms with Gasteiger partial charge in [-0.25, -0.2) is 4.79 Å². The van der Waals surface area contributed by atoms with Crippen molar-refractivity contribution in [1.29, 1.82) is 0 Å². The molecule has 0 heterocycles. The van der Waals surface area contributed by atoms with Crippen LogP contribution in [-0.4, -0.2) is 73.3 Å². The number of nitrogens with one attached hydrogen (secondary N) is 1. The summed E-state index contributed by atoms with van der Waals surface area (Å²) in [4.78, 5) is 16.4. The predicted molar refractivity (Wildman–Crippen MR) is 92.1 cm³/mol. The molecule has 0 aliphatic rings. The van der Waals surface area contributed by atoms with Gasteiger partial charge in [0, 0.05) is 31.2 Å². The van der Waals surface area contributed by atoms with Crippen LogP contribution in [0.3, 0.4) is 0 Å². The molecule has 3 unspecified atom stereocenters. The van der Waals surface area contributed by atoms with Crippen LogP contribution in [-0.2, 0) is 4.74 Å². The summed E-state index contributed by atoms with van der Waals surface area (Å²) in [5.74, 6) is 0. The van der Waals surface area contributed by atoms with E-state index in [1.165, 1.54) is 0 Å². The molecule has 22 heavy (non-hydrogen) atoms. The Hall–Kier alpha value is -0.850. The third kappa shape index (κ3) is 7.96. The van der Waals surface area contributed by atoms with Gasteiger partial charge in [-0.3, -0.25) is 4.90 Å². The van der Waals surface area contributed by atoms with Crippen LogP contribution >= 0.6 is 0 Å². The Labute approximate surface area is 136 Å². The van der Waals surface area contributed by atoms with Crippen molar-refractivity contribution in [2.24, 2.45) is 5.73 Å². The fourth-order valence-electron chi connectivity index (χ4n) is 2.72. The Morgan fingerprint density at radius 1 is 1.27 bits per heavy atom. The maximum Gasteiger partial charge on any atom is 0.407 e. The smallest absolute Gasteiger partial charge is 0.407 e. The number of alkyl carbamates (subject to hydrolysis) is 1. The van der Waals surface area contributed by atoms with Crippen LogP contribution < -0.4 is 11.1 Å². The average Bonchev–Trinajstić information content (AvgIpc) is 2.31. The molecule has 0 rings (SSSR count). The van der Waals surface area contributed by atoms with Crippen LogP contribution in [0.2, 0.25) is 0 Å². The molecule has 0 bridgehead atoms. The summed E-state index contributed by atoms with van der Waals surface area (Å²) in [7, 11) is 4.12. The Balaban J connectivity index is 4.79. The lowest BCUT2D eigenvalue weighted by Crippen LogP contribution is -2.58. The summed E-state index contributed by atoms with van der Waals surface area (Å²) >= 11 is 0. The summed E-state index contributed by atoms with van der Waals surface area (Å²) in [6.07, 6.45) is -0.394.